The Bertz CT molecular complexity index is 1140. The van der Waals surface area contributed by atoms with Crippen molar-refractivity contribution >= 4 is 12.2 Å². The number of rotatable bonds is 8. The Morgan fingerprint density at radius 3 is 2.09 bits per heavy atom. The largest absolute Gasteiger partial charge is 0.462 e. The lowest BCUT2D eigenvalue weighted by Gasteiger charge is -2.16. The van der Waals surface area contributed by atoms with Crippen molar-refractivity contribution < 1.29 is 37.3 Å². The highest BCUT2D eigenvalue weighted by atomic mass is 19.4. The van der Waals surface area contributed by atoms with Gasteiger partial charge in [-0.25, -0.2) is 4.98 Å². The lowest BCUT2D eigenvalue weighted by atomic mass is 10.2. The summed E-state index contributed by atoms with van der Waals surface area (Å²) in [5, 5.41) is 9.36. The average Bonchev–Trinajstić information content (AvgIpc) is 2.77. The molecule has 2 atom stereocenters. The molecule has 0 aliphatic carbocycles. The predicted octanol–water partition coefficient (Wildman–Crippen LogP) is 2.28. The Balaban J connectivity index is 1.83. The van der Waals surface area contributed by atoms with E-state index in [9.17, 15) is 27.9 Å². The SMILES string of the molecule is NC(=O)c1cc(OC(C=O)C(N)O)nc(-c2ccc(Oc3ccc(C(F)(F)F)cc3)cc2)n1. The summed E-state index contributed by atoms with van der Waals surface area (Å²) in [5.41, 5.74) is 9.92. The Hall–Kier alpha value is -4.03. The molecule has 3 aromatic rings. The highest BCUT2D eigenvalue weighted by molar-refractivity contribution is 5.91. The number of benzene rings is 2. The van der Waals surface area contributed by atoms with Crippen LogP contribution in [0.15, 0.2) is 54.6 Å². The van der Waals surface area contributed by atoms with Crippen LogP contribution in [0, 0.1) is 0 Å². The zero-order chi connectivity index (χ0) is 24.2. The van der Waals surface area contributed by atoms with Gasteiger partial charge in [0.1, 0.15) is 23.4 Å². The fraction of sp³-hybridized carbons (Fsp3) is 0.143. The van der Waals surface area contributed by atoms with Crippen LogP contribution in [0.4, 0.5) is 13.2 Å². The Morgan fingerprint density at radius 2 is 1.61 bits per heavy atom. The zero-order valence-electron chi connectivity index (χ0n) is 16.7. The number of nitrogens with zero attached hydrogens (tertiary/aromatic N) is 2. The first kappa shape index (κ1) is 23.6. The van der Waals surface area contributed by atoms with Gasteiger partial charge < -0.3 is 26.0 Å². The van der Waals surface area contributed by atoms with E-state index in [4.69, 9.17) is 20.9 Å². The molecule has 5 N–H and O–H groups in total. The Kier molecular flexibility index (Phi) is 6.89. The third-order valence-corrected chi connectivity index (χ3v) is 4.21. The number of aldehydes is 1. The maximum absolute atomic E-state index is 12.7. The Morgan fingerprint density at radius 1 is 1.03 bits per heavy atom. The first-order valence-corrected chi connectivity index (χ1v) is 9.27. The van der Waals surface area contributed by atoms with Crippen LogP contribution in [0.3, 0.4) is 0 Å². The van der Waals surface area contributed by atoms with Crippen LogP contribution < -0.4 is 20.9 Å². The highest BCUT2D eigenvalue weighted by Gasteiger charge is 2.30. The summed E-state index contributed by atoms with van der Waals surface area (Å²) in [7, 11) is 0. The van der Waals surface area contributed by atoms with Crippen LogP contribution in [0.25, 0.3) is 11.4 Å². The number of aromatic nitrogens is 2. The molecule has 1 amide bonds. The van der Waals surface area contributed by atoms with Crippen molar-refractivity contribution in [3.8, 4) is 28.8 Å². The summed E-state index contributed by atoms with van der Waals surface area (Å²) in [6.45, 7) is 0. The predicted molar refractivity (Wildman–Crippen MR) is 108 cm³/mol. The van der Waals surface area contributed by atoms with Gasteiger partial charge in [-0.2, -0.15) is 18.2 Å². The summed E-state index contributed by atoms with van der Waals surface area (Å²) in [4.78, 5) is 30.7. The number of amides is 1. The Labute approximate surface area is 184 Å². The fourth-order valence-electron chi connectivity index (χ4n) is 2.58. The average molecular weight is 462 g/mol. The van der Waals surface area contributed by atoms with Gasteiger partial charge in [0, 0.05) is 11.6 Å². The minimum atomic E-state index is -4.45. The van der Waals surface area contributed by atoms with E-state index in [1.807, 2.05) is 0 Å². The van der Waals surface area contributed by atoms with Crippen LogP contribution in [0.2, 0.25) is 0 Å². The normalized spacial score (nSPS) is 13.1. The van der Waals surface area contributed by atoms with Crippen molar-refractivity contribution in [1.82, 2.24) is 9.97 Å². The molecule has 0 aliphatic rings. The third-order valence-electron chi connectivity index (χ3n) is 4.21. The molecule has 3 rings (SSSR count). The molecule has 1 heterocycles. The first-order valence-electron chi connectivity index (χ1n) is 9.27. The molecule has 172 valence electrons. The van der Waals surface area contributed by atoms with E-state index < -0.39 is 30.0 Å². The molecule has 0 radical (unpaired) electrons. The second-order valence-electron chi connectivity index (χ2n) is 6.64. The summed E-state index contributed by atoms with van der Waals surface area (Å²) in [6, 6.07) is 11.3. The van der Waals surface area contributed by atoms with Crippen molar-refractivity contribution in [3.05, 3.63) is 65.9 Å². The molecular formula is C21H17F3N4O5. The molecule has 0 bridgehead atoms. The van der Waals surface area contributed by atoms with Crippen LogP contribution in [-0.2, 0) is 11.0 Å². The topological polar surface area (TPSA) is 151 Å². The second-order valence-corrected chi connectivity index (χ2v) is 6.64. The van der Waals surface area contributed by atoms with Gasteiger partial charge in [-0.05, 0) is 48.5 Å². The minimum absolute atomic E-state index is 0.0125. The lowest BCUT2D eigenvalue weighted by molar-refractivity contribution is -0.137. The number of carbonyl (C=O) groups is 2. The van der Waals surface area contributed by atoms with Crippen LogP contribution in [-0.4, -0.2) is 39.6 Å². The van der Waals surface area contributed by atoms with E-state index in [1.54, 1.807) is 0 Å². The number of hydrogen-bond donors (Lipinski definition) is 3. The molecule has 1 aromatic heterocycles. The summed E-state index contributed by atoms with van der Waals surface area (Å²) < 4.78 is 48.7. The van der Waals surface area contributed by atoms with Gasteiger partial charge in [0.15, 0.2) is 18.2 Å². The molecule has 0 spiro atoms. The number of hydrogen-bond acceptors (Lipinski definition) is 8. The smallest absolute Gasteiger partial charge is 0.416 e. The maximum Gasteiger partial charge on any atom is 0.416 e. The molecule has 2 aromatic carbocycles. The number of alkyl halides is 3. The van der Waals surface area contributed by atoms with E-state index in [1.165, 1.54) is 36.4 Å². The summed E-state index contributed by atoms with van der Waals surface area (Å²) in [5.74, 6) is -0.590. The number of aliphatic hydroxyl groups excluding tert-OH is 1. The standard InChI is InChI=1S/C21H17F3N4O5/c22-21(23,24)12-3-7-14(8-4-12)32-13-5-1-11(2-6-13)20-27-15(18(25)30)9-17(28-20)33-16(10-29)19(26)31/h1-10,16,19,31H,26H2,(H2,25,30). The lowest BCUT2D eigenvalue weighted by Crippen LogP contribution is -2.40. The van der Waals surface area contributed by atoms with E-state index in [0.717, 1.165) is 18.2 Å². The van der Waals surface area contributed by atoms with Crippen LogP contribution in [0.1, 0.15) is 16.1 Å². The van der Waals surface area contributed by atoms with E-state index >= 15 is 0 Å². The minimum Gasteiger partial charge on any atom is -0.462 e. The van der Waals surface area contributed by atoms with E-state index in [-0.39, 0.29) is 29.4 Å². The number of aliphatic hydroxyl groups is 1. The third kappa shape index (κ3) is 6.02. The number of halogens is 3. The van der Waals surface area contributed by atoms with Gasteiger partial charge in [-0.3, -0.25) is 9.59 Å². The van der Waals surface area contributed by atoms with Crippen LogP contribution in [0.5, 0.6) is 17.4 Å². The molecule has 33 heavy (non-hydrogen) atoms. The molecule has 0 aliphatic heterocycles. The maximum atomic E-state index is 12.7. The van der Waals surface area contributed by atoms with Gasteiger partial charge in [0.05, 0.1) is 5.56 Å². The van der Waals surface area contributed by atoms with E-state index in [2.05, 4.69) is 9.97 Å². The van der Waals surface area contributed by atoms with Crippen molar-refractivity contribution in [1.29, 1.82) is 0 Å². The molecular weight excluding hydrogens is 445 g/mol. The molecule has 9 nitrogen and oxygen atoms in total. The van der Waals surface area contributed by atoms with Gasteiger partial charge in [0.25, 0.3) is 5.91 Å². The van der Waals surface area contributed by atoms with E-state index in [0.29, 0.717) is 11.3 Å². The monoisotopic (exact) mass is 462 g/mol. The van der Waals surface area contributed by atoms with Crippen LogP contribution >= 0.6 is 0 Å². The molecule has 0 saturated carbocycles. The number of primary amides is 1. The zero-order valence-corrected chi connectivity index (χ0v) is 16.7. The molecule has 2 unspecified atom stereocenters. The molecule has 0 saturated heterocycles. The number of ether oxygens (including phenoxy) is 2. The van der Waals surface area contributed by atoms with Crippen molar-refractivity contribution in [2.45, 2.75) is 18.5 Å². The summed E-state index contributed by atoms with van der Waals surface area (Å²) >= 11 is 0. The van der Waals surface area contributed by atoms with Gasteiger partial charge in [0.2, 0.25) is 5.88 Å². The molecule has 0 fully saturated rings. The summed E-state index contributed by atoms with van der Waals surface area (Å²) in [6.07, 6.45) is -7.24. The fourth-order valence-corrected chi connectivity index (χ4v) is 2.58. The van der Waals surface area contributed by atoms with Gasteiger partial charge in [-0.15, -0.1) is 0 Å². The second kappa shape index (κ2) is 9.63. The van der Waals surface area contributed by atoms with Gasteiger partial charge in [-0.1, -0.05) is 0 Å². The quantitative estimate of drug-likeness (QED) is 0.341. The van der Waals surface area contributed by atoms with Gasteiger partial charge >= 0.3 is 6.18 Å². The number of nitrogens with two attached hydrogens (primary N) is 2. The first-order chi connectivity index (χ1) is 15.6. The highest BCUT2D eigenvalue weighted by Crippen LogP contribution is 2.32. The van der Waals surface area contributed by atoms with Crippen molar-refractivity contribution in [3.63, 3.8) is 0 Å². The molecule has 12 heteroatoms. The number of carbonyl (C=O) groups excluding carboxylic acids is 2. The van der Waals surface area contributed by atoms with Crippen molar-refractivity contribution in [2.75, 3.05) is 0 Å². The van der Waals surface area contributed by atoms with Crippen molar-refractivity contribution in [2.24, 2.45) is 11.5 Å².